The molecule has 0 aromatic heterocycles. The summed E-state index contributed by atoms with van der Waals surface area (Å²) in [5, 5.41) is 15.6. The minimum Gasteiger partial charge on any atom is -0.394 e. The van der Waals surface area contributed by atoms with Crippen LogP contribution < -0.4 is 10.6 Å². The molecule has 2 atom stereocenters. The first-order valence-corrected chi connectivity index (χ1v) is 7.55. The molecule has 0 saturated heterocycles. The van der Waals surface area contributed by atoms with Crippen molar-refractivity contribution in [3.05, 3.63) is 27.3 Å². The van der Waals surface area contributed by atoms with Crippen LogP contribution in [0.2, 0.25) is 0 Å². The number of carbonyl (C=O) groups excluding carboxylic acids is 1. The van der Waals surface area contributed by atoms with Gasteiger partial charge in [-0.25, -0.2) is 0 Å². The number of benzene rings is 1. The fourth-order valence-electron chi connectivity index (χ4n) is 2.29. The van der Waals surface area contributed by atoms with E-state index in [1.807, 2.05) is 26.0 Å². The SMILES string of the molecule is CC(C)[C@@H]1Nc2ccc(I)cc2C[C@@H](CO)NC1=O. The van der Waals surface area contributed by atoms with Crippen LogP contribution in [0.15, 0.2) is 18.2 Å². The largest absolute Gasteiger partial charge is 0.394 e. The van der Waals surface area contributed by atoms with Crippen molar-refractivity contribution in [2.75, 3.05) is 11.9 Å². The summed E-state index contributed by atoms with van der Waals surface area (Å²) in [6, 6.07) is 5.65. The number of halogens is 1. The maximum Gasteiger partial charge on any atom is 0.243 e. The van der Waals surface area contributed by atoms with Crippen molar-refractivity contribution in [1.82, 2.24) is 5.32 Å². The van der Waals surface area contributed by atoms with Crippen LogP contribution in [-0.4, -0.2) is 29.7 Å². The second kappa shape index (κ2) is 6.09. The zero-order valence-corrected chi connectivity index (χ0v) is 13.3. The first-order chi connectivity index (χ1) is 9.01. The molecule has 1 aliphatic rings. The van der Waals surface area contributed by atoms with E-state index in [0.717, 1.165) is 14.8 Å². The van der Waals surface area contributed by atoms with Gasteiger partial charge in [-0.2, -0.15) is 0 Å². The molecule has 5 heteroatoms. The molecule has 0 fully saturated rings. The van der Waals surface area contributed by atoms with Crippen LogP contribution in [-0.2, 0) is 11.2 Å². The zero-order chi connectivity index (χ0) is 14.0. The molecule has 19 heavy (non-hydrogen) atoms. The molecule has 1 aromatic carbocycles. The van der Waals surface area contributed by atoms with Gasteiger partial charge in [-0.05, 0) is 58.7 Å². The Kier molecular flexibility index (Phi) is 4.67. The number of hydrogen-bond acceptors (Lipinski definition) is 3. The first-order valence-electron chi connectivity index (χ1n) is 6.47. The summed E-state index contributed by atoms with van der Waals surface area (Å²) in [6.07, 6.45) is 0.645. The molecular weight excluding hydrogens is 355 g/mol. The third kappa shape index (κ3) is 3.39. The number of aliphatic hydroxyl groups is 1. The van der Waals surface area contributed by atoms with Crippen LogP contribution in [0.1, 0.15) is 19.4 Å². The maximum absolute atomic E-state index is 12.2. The lowest BCUT2D eigenvalue weighted by Gasteiger charge is -2.30. The predicted octanol–water partition coefficient (Wildman–Crippen LogP) is 1.76. The van der Waals surface area contributed by atoms with Gasteiger partial charge in [0.15, 0.2) is 0 Å². The maximum atomic E-state index is 12.2. The fourth-order valence-corrected chi connectivity index (χ4v) is 2.85. The third-order valence-electron chi connectivity index (χ3n) is 3.36. The summed E-state index contributed by atoms with van der Waals surface area (Å²) < 4.78 is 1.16. The number of aliphatic hydroxyl groups excluding tert-OH is 1. The Morgan fingerprint density at radius 3 is 2.79 bits per heavy atom. The Balaban J connectivity index is 2.39. The molecule has 1 amide bonds. The van der Waals surface area contributed by atoms with Crippen LogP contribution in [0, 0.1) is 9.49 Å². The van der Waals surface area contributed by atoms with Crippen LogP contribution >= 0.6 is 22.6 Å². The molecular formula is C14H19IN2O2. The van der Waals surface area contributed by atoms with Crippen molar-refractivity contribution in [2.45, 2.75) is 32.4 Å². The monoisotopic (exact) mass is 374 g/mol. The summed E-state index contributed by atoms with van der Waals surface area (Å²) in [6.45, 7) is 3.99. The van der Waals surface area contributed by atoms with Gasteiger partial charge in [0.05, 0.1) is 12.6 Å². The van der Waals surface area contributed by atoms with Gasteiger partial charge in [0, 0.05) is 9.26 Å². The molecule has 1 heterocycles. The zero-order valence-electron chi connectivity index (χ0n) is 11.1. The molecule has 104 valence electrons. The quantitative estimate of drug-likeness (QED) is 0.692. The molecule has 3 N–H and O–H groups in total. The Bertz CT molecular complexity index is 477. The third-order valence-corrected chi connectivity index (χ3v) is 4.03. The smallest absolute Gasteiger partial charge is 0.243 e. The normalized spacial score (nSPS) is 23.1. The molecule has 1 aliphatic heterocycles. The molecule has 1 aromatic rings. The van der Waals surface area contributed by atoms with Gasteiger partial charge in [-0.1, -0.05) is 13.8 Å². The van der Waals surface area contributed by atoms with Crippen molar-refractivity contribution >= 4 is 34.2 Å². The number of carbonyl (C=O) groups is 1. The van der Waals surface area contributed by atoms with Crippen LogP contribution in [0.5, 0.6) is 0 Å². The first kappa shape index (κ1) is 14.6. The van der Waals surface area contributed by atoms with Crippen molar-refractivity contribution < 1.29 is 9.90 Å². The summed E-state index contributed by atoms with van der Waals surface area (Å²) >= 11 is 2.27. The molecule has 0 unspecified atom stereocenters. The molecule has 0 aliphatic carbocycles. The number of fused-ring (bicyclic) bond motifs is 1. The van der Waals surface area contributed by atoms with E-state index < -0.39 is 0 Å². The van der Waals surface area contributed by atoms with E-state index >= 15 is 0 Å². The standard InChI is InChI=1S/C14H19IN2O2/c1-8(2)13-14(19)16-11(7-18)6-9-5-10(15)3-4-12(9)17-13/h3-5,8,11,13,17-18H,6-7H2,1-2H3,(H,16,19)/t11-,13-/m0/s1. The van der Waals surface area contributed by atoms with E-state index in [1.165, 1.54) is 0 Å². The van der Waals surface area contributed by atoms with E-state index in [9.17, 15) is 9.90 Å². The predicted molar refractivity (Wildman–Crippen MR) is 84.1 cm³/mol. The highest BCUT2D eigenvalue weighted by Gasteiger charge is 2.27. The average Bonchev–Trinajstić information content (AvgIpc) is 2.34. The van der Waals surface area contributed by atoms with E-state index in [0.29, 0.717) is 6.42 Å². The number of anilines is 1. The average molecular weight is 374 g/mol. The highest BCUT2D eigenvalue weighted by molar-refractivity contribution is 14.1. The minimum atomic E-state index is -0.270. The molecule has 0 radical (unpaired) electrons. The second-order valence-electron chi connectivity index (χ2n) is 5.26. The lowest BCUT2D eigenvalue weighted by atomic mass is 9.97. The lowest BCUT2D eigenvalue weighted by molar-refractivity contribution is -0.123. The van der Waals surface area contributed by atoms with Gasteiger partial charge in [-0.3, -0.25) is 4.79 Å². The number of nitrogens with one attached hydrogen (secondary N) is 2. The Hall–Kier alpha value is -0.820. The Morgan fingerprint density at radius 1 is 1.42 bits per heavy atom. The van der Waals surface area contributed by atoms with E-state index in [-0.39, 0.29) is 30.5 Å². The van der Waals surface area contributed by atoms with E-state index in [1.54, 1.807) is 0 Å². The van der Waals surface area contributed by atoms with Gasteiger partial charge in [0.1, 0.15) is 6.04 Å². The van der Waals surface area contributed by atoms with Crippen LogP contribution in [0.4, 0.5) is 5.69 Å². The summed E-state index contributed by atoms with van der Waals surface area (Å²) in [4.78, 5) is 12.2. The van der Waals surface area contributed by atoms with Gasteiger partial charge < -0.3 is 15.7 Å². The van der Waals surface area contributed by atoms with Crippen molar-refractivity contribution in [1.29, 1.82) is 0 Å². The Morgan fingerprint density at radius 2 is 2.16 bits per heavy atom. The van der Waals surface area contributed by atoms with E-state index in [2.05, 4.69) is 39.3 Å². The lowest BCUT2D eigenvalue weighted by Crippen LogP contribution is -2.50. The number of rotatable bonds is 2. The van der Waals surface area contributed by atoms with Crippen molar-refractivity contribution in [2.24, 2.45) is 5.92 Å². The van der Waals surface area contributed by atoms with Crippen LogP contribution in [0.25, 0.3) is 0 Å². The summed E-state index contributed by atoms with van der Waals surface area (Å²) in [5.41, 5.74) is 2.13. The fraction of sp³-hybridized carbons (Fsp3) is 0.500. The highest BCUT2D eigenvalue weighted by Crippen LogP contribution is 2.24. The second-order valence-corrected chi connectivity index (χ2v) is 6.51. The molecule has 0 saturated carbocycles. The van der Waals surface area contributed by atoms with Gasteiger partial charge >= 0.3 is 0 Å². The van der Waals surface area contributed by atoms with Gasteiger partial charge in [-0.15, -0.1) is 0 Å². The van der Waals surface area contributed by atoms with Gasteiger partial charge in [0.2, 0.25) is 5.91 Å². The molecule has 4 nitrogen and oxygen atoms in total. The minimum absolute atomic E-state index is 0.0402. The summed E-state index contributed by atoms with van der Waals surface area (Å²) in [7, 11) is 0. The van der Waals surface area contributed by atoms with E-state index in [4.69, 9.17) is 0 Å². The van der Waals surface area contributed by atoms with Crippen molar-refractivity contribution in [3.63, 3.8) is 0 Å². The topological polar surface area (TPSA) is 61.4 Å². The Labute approximate surface area is 127 Å². The van der Waals surface area contributed by atoms with Crippen LogP contribution in [0.3, 0.4) is 0 Å². The summed E-state index contributed by atoms with van der Waals surface area (Å²) in [5.74, 6) is 0.142. The van der Waals surface area contributed by atoms with Crippen molar-refractivity contribution in [3.8, 4) is 0 Å². The molecule has 2 rings (SSSR count). The number of hydrogen-bond donors (Lipinski definition) is 3. The number of amides is 1. The molecule has 0 spiro atoms. The van der Waals surface area contributed by atoms with Gasteiger partial charge in [0.25, 0.3) is 0 Å². The molecule has 0 bridgehead atoms. The highest BCUT2D eigenvalue weighted by atomic mass is 127.